The first-order valence-electron chi connectivity index (χ1n) is 5.58. The smallest absolute Gasteiger partial charge is 0.332 e. The Balaban J connectivity index is 1.89. The number of hydrogen-bond donors (Lipinski definition) is 1. The summed E-state index contributed by atoms with van der Waals surface area (Å²) < 4.78 is 19.2. The van der Waals surface area contributed by atoms with Crippen LogP contribution in [0.2, 0.25) is 0 Å². The van der Waals surface area contributed by atoms with Gasteiger partial charge in [-0.05, 0) is 31.0 Å². The number of fused-ring (bicyclic) bond motifs is 1. The Bertz CT molecular complexity index is 612. The maximum Gasteiger partial charge on any atom is 0.332 e. The molecule has 94 valence electrons. The molecule has 0 amide bonds. The SMILES string of the molecule is O=C(O)C1CCC(c2nc3ccc(F)cc3s2)O1. The van der Waals surface area contributed by atoms with Crippen LogP contribution in [-0.4, -0.2) is 22.2 Å². The highest BCUT2D eigenvalue weighted by molar-refractivity contribution is 7.18. The predicted octanol–water partition coefficient (Wildman–Crippen LogP) is 2.74. The van der Waals surface area contributed by atoms with E-state index >= 15 is 0 Å². The van der Waals surface area contributed by atoms with Crippen LogP contribution in [0.4, 0.5) is 4.39 Å². The van der Waals surface area contributed by atoms with Crippen LogP contribution >= 0.6 is 11.3 Å². The van der Waals surface area contributed by atoms with Crippen LogP contribution < -0.4 is 0 Å². The van der Waals surface area contributed by atoms with Crippen molar-refractivity contribution in [2.24, 2.45) is 0 Å². The molecule has 0 radical (unpaired) electrons. The molecule has 4 nitrogen and oxygen atoms in total. The van der Waals surface area contributed by atoms with Gasteiger partial charge in [-0.2, -0.15) is 0 Å². The maximum absolute atomic E-state index is 13.1. The lowest BCUT2D eigenvalue weighted by Crippen LogP contribution is -2.18. The fourth-order valence-electron chi connectivity index (χ4n) is 2.05. The Hall–Kier alpha value is -1.53. The first kappa shape index (κ1) is 11.6. The van der Waals surface area contributed by atoms with E-state index in [1.54, 1.807) is 6.07 Å². The van der Waals surface area contributed by atoms with E-state index in [1.807, 2.05) is 0 Å². The number of carbonyl (C=O) groups is 1. The van der Waals surface area contributed by atoms with Crippen LogP contribution in [0.15, 0.2) is 18.2 Å². The van der Waals surface area contributed by atoms with Crippen molar-refractivity contribution in [2.75, 3.05) is 0 Å². The number of carboxylic acid groups (broad SMARTS) is 1. The molecule has 2 heterocycles. The summed E-state index contributed by atoms with van der Waals surface area (Å²) in [6.07, 6.45) is 0.0918. The first-order chi connectivity index (χ1) is 8.63. The molecule has 6 heteroatoms. The minimum Gasteiger partial charge on any atom is -0.479 e. The summed E-state index contributed by atoms with van der Waals surface area (Å²) >= 11 is 1.35. The molecule has 3 rings (SSSR count). The Morgan fingerprint density at radius 1 is 1.50 bits per heavy atom. The normalized spacial score (nSPS) is 23.6. The number of benzene rings is 1. The van der Waals surface area contributed by atoms with E-state index in [0.717, 1.165) is 15.2 Å². The lowest BCUT2D eigenvalue weighted by molar-refractivity contribution is -0.149. The molecule has 2 aromatic rings. The van der Waals surface area contributed by atoms with Gasteiger partial charge in [-0.1, -0.05) is 0 Å². The molecule has 1 aliphatic rings. The molecule has 0 saturated carbocycles. The number of aromatic nitrogens is 1. The molecule has 1 fully saturated rings. The molecule has 2 atom stereocenters. The second-order valence-electron chi connectivity index (χ2n) is 4.19. The van der Waals surface area contributed by atoms with Crippen LogP contribution in [0, 0.1) is 5.82 Å². The third-order valence-electron chi connectivity index (χ3n) is 2.94. The quantitative estimate of drug-likeness (QED) is 0.908. The summed E-state index contributed by atoms with van der Waals surface area (Å²) in [6.45, 7) is 0. The zero-order chi connectivity index (χ0) is 12.7. The van der Waals surface area contributed by atoms with Gasteiger partial charge >= 0.3 is 5.97 Å². The summed E-state index contributed by atoms with van der Waals surface area (Å²) in [5.41, 5.74) is 0.721. The van der Waals surface area contributed by atoms with Gasteiger partial charge in [0, 0.05) is 0 Å². The highest BCUT2D eigenvalue weighted by Gasteiger charge is 2.33. The van der Waals surface area contributed by atoms with Crippen molar-refractivity contribution in [3.63, 3.8) is 0 Å². The molecule has 0 spiro atoms. The molecular formula is C12H10FNO3S. The Labute approximate surface area is 106 Å². The van der Waals surface area contributed by atoms with Crippen molar-refractivity contribution in [1.29, 1.82) is 0 Å². The predicted molar refractivity (Wildman–Crippen MR) is 64.1 cm³/mol. The van der Waals surface area contributed by atoms with Crippen LogP contribution in [0.3, 0.4) is 0 Å². The standard InChI is InChI=1S/C12H10FNO3S/c13-6-1-2-7-10(5-6)18-11(14-7)8-3-4-9(17-8)12(15)16/h1-2,5,8-9H,3-4H2,(H,15,16). The maximum atomic E-state index is 13.1. The monoisotopic (exact) mass is 267 g/mol. The average molecular weight is 267 g/mol. The second-order valence-corrected chi connectivity index (χ2v) is 5.26. The van der Waals surface area contributed by atoms with Gasteiger partial charge in [-0.15, -0.1) is 11.3 Å². The highest BCUT2D eigenvalue weighted by Crippen LogP contribution is 2.36. The summed E-state index contributed by atoms with van der Waals surface area (Å²) in [4.78, 5) is 15.2. The number of carboxylic acids is 1. The number of ether oxygens (including phenoxy) is 1. The van der Waals surface area contributed by atoms with Crippen molar-refractivity contribution in [1.82, 2.24) is 4.98 Å². The van der Waals surface area contributed by atoms with Gasteiger partial charge in [0.15, 0.2) is 6.10 Å². The van der Waals surface area contributed by atoms with Crippen molar-refractivity contribution >= 4 is 27.5 Å². The Morgan fingerprint density at radius 2 is 2.33 bits per heavy atom. The van der Waals surface area contributed by atoms with Crippen LogP contribution in [-0.2, 0) is 9.53 Å². The number of halogens is 1. The van der Waals surface area contributed by atoms with E-state index < -0.39 is 12.1 Å². The van der Waals surface area contributed by atoms with Crippen LogP contribution in [0.25, 0.3) is 10.2 Å². The highest BCUT2D eigenvalue weighted by atomic mass is 32.1. The topological polar surface area (TPSA) is 59.4 Å². The Kier molecular flexibility index (Phi) is 2.76. The number of nitrogens with zero attached hydrogens (tertiary/aromatic N) is 1. The fourth-order valence-corrected chi connectivity index (χ4v) is 3.12. The van der Waals surface area contributed by atoms with Gasteiger partial charge in [0.25, 0.3) is 0 Å². The van der Waals surface area contributed by atoms with Gasteiger partial charge in [0.2, 0.25) is 0 Å². The lowest BCUT2D eigenvalue weighted by Gasteiger charge is -2.07. The van der Waals surface area contributed by atoms with E-state index in [4.69, 9.17) is 9.84 Å². The molecule has 18 heavy (non-hydrogen) atoms. The molecule has 1 N–H and O–H groups in total. The number of rotatable bonds is 2. The molecule has 1 aromatic heterocycles. The van der Waals surface area contributed by atoms with Gasteiger partial charge in [0.05, 0.1) is 10.2 Å². The van der Waals surface area contributed by atoms with Gasteiger partial charge in [-0.25, -0.2) is 14.2 Å². The molecule has 0 bridgehead atoms. The largest absolute Gasteiger partial charge is 0.479 e. The van der Waals surface area contributed by atoms with Gasteiger partial charge < -0.3 is 9.84 Å². The zero-order valence-corrected chi connectivity index (χ0v) is 10.1. The summed E-state index contributed by atoms with van der Waals surface area (Å²) in [5, 5.41) is 9.58. The first-order valence-corrected chi connectivity index (χ1v) is 6.39. The molecule has 1 aromatic carbocycles. The lowest BCUT2D eigenvalue weighted by atomic mass is 10.2. The molecule has 2 unspecified atom stereocenters. The van der Waals surface area contributed by atoms with Crippen molar-refractivity contribution in [2.45, 2.75) is 25.0 Å². The van der Waals surface area contributed by atoms with Gasteiger partial charge in [0.1, 0.15) is 16.9 Å². The third-order valence-corrected chi connectivity index (χ3v) is 4.05. The van der Waals surface area contributed by atoms with Crippen LogP contribution in [0.5, 0.6) is 0 Å². The molecule has 1 saturated heterocycles. The van der Waals surface area contributed by atoms with Crippen molar-refractivity contribution in [3.8, 4) is 0 Å². The van der Waals surface area contributed by atoms with E-state index in [0.29, 0.717) is 12.8 Å². The van der Waals surface area contributed by atoms with Crippen molar-refractivity contribution in [3.05, 3.63) is 29.0 Å². The van der Waals surface area contributed by atoms with Crippen molar-refractivity contribution < 1.29 is 19.0 Å². The number of aliphatic carboxylic acids is 1. The molecular weight excluding hydrogens is 257 g/mol. The number of hydrogen-bond acceptors (Lipinski definition) is 4. The second kappa shape index (κ2) is 4.29. The van der Waals surface area contributed by atoms with Crippen LogP contribution in [0.1, 0.15) is 24.0 Å². The zero-order valence-electron chi connectivity index (χ0n) is 9.30. The summed E-state index contributed by atoms with van der Waals surface area (Å²) in [7, 11) is 0. The van der Waals surface area contributed by atoms with E-state index in [1.165, 1.54) is 23.5 Å². The van der Waals surface area contributed by atoms with E-state index in [2.05, 4.69) is 4.98 Å². The third kappa shape index (κ3) is 1.97. The Morgan fingerprint density at radius 3 is 3.06 bits per heavy atom. The number of thiazole rings is 1. The minimum atomic E-state index is -0.940. The molecule has 1 aliphatic heterocycles. The molecule has 0 aliphatic carbocycles. The minimum absolute atomic E-state index is 0.286. The van der Waals surface area contributed by atoms with E-state index in [9.17, 15) is 9.18 Å². The fraction of sp³-hybridized carbons (Fsp3) is 0.333. The van der Waals surface area contributed by atoms with E-state index in [-0.39, 0.29) is 11.9 Å². The summed E-state index contributed by atoms with van der Waals surface area (Å²) in [6, 6.07) is 4.41. The van der Waals surface area contributed by atoms with Gasteiger partial charge in [-0.3, -0.25) is 0 Å². The average Bonchev–Trinajstić information content (AvgIpc) is 2.93. The summed E-state index contributed by atoms with van der Waals surface area (Å²) in [5.74, 6) is -1.24.